The molecule has 0 spiro atoms. The third-order valence-electron chi connectivity index (χ3n) is 3.05. The van der Waals surface area contributed by atoms with Gasteiger partial charge in [0.25, 0.3) is 0 Å². The number of nitrogens with zero attached hydrogens (tertiary/aromatic N) is 1. The number of hydrogen-bond donors (Lipinski definition) is 2. The van der Waals surface area contributed by atoms with E-state index in [0.29, 0.717) is 25.8 Å². The summed E-state index contributed by atoms with van der Waals surface area (Å²) in [5.41, 5.74) is 0. The topological polar surface area (TPSA) is 78.9 Å². The van der Waals surface area contributed by atoms with Crippen LogP contribution in [0.3, 0.4) is 0 Å². The molecule has 0 radical (unpaired) electrons. The first-order valence-electron chi connectivity index (χ1n) is 5.98. The summed E-state index contributed by atoms with van der Waals surface area (Å²) in [7, 11) is 0. The van der Waals surface area contributed by atoms with Gasteiger partial charge in [0.2, 0.25) is 5.91 Å². The normalized spacial score (nSPS) is 25.5. The van der Waals surface area contributed by atoms with Crippen molar-refractivity contribution in [2.45, 2.75) is 31.3 Å². The number of carbonyl (C=O) groups excluding carboxylic acids is 1. The van der Waals surface area contributed by atoms with E-state index >= 15 is 0 Å². The van der Waals surface area contributed by atoms with Gasteiger partial charge in [-0.1, -0.05) is 0 Å². The molecular weight excluding hydrogens is 224 g/mol. The van der Waals surface area contributed by atoms with Crippen molar-refractivity contribution in [3.63, 3.8) is 0 Å². The number of morpholine rings is 1. The molecule has 0 aromatic carbocycles. The third-order valence-corrected chi connectivity index (χ3v) is 3.05. The van der Waals surface area contributed by atoms with Crippen LogP contribution < -0.4 is 5.32 Å². The lowest BCUT2D eigenvalue weighted by Crippen LogP contribution is -2.50. The standard InChI is InChI=1S/C11H18N2O4/c14-10(12-8-1-2-8)6-13-3-4-17-7-9(13)5-11(15)16/h8-9H,1-7H2,(H,12,14)(H,15,16). The molecule has 1 atom stereocenters. The maximum Gasteiger partial charge on any atom is 0.305 e. The van der Waals surface area contributed by atoms with Crippen LogP contribution in [-0.2, 0) is 14.3 Å². The number of hydrogen-bond acceptors (Lipinski definition) is 4. The van der Waals surface area contributed by atoms with Gasteiger partial charge < -0.3 is 15.2 Å². The number of nitrogens with one attached hydrogen (secondary N) is 1. The lowest BCUT2D eigenvalue weighted by atomic mass is 10.1. The van der Waals surface area contributed by atoms with Gasteiger partial charge in [0.1, 0.15) is 0 Å². The van der Waals surface area contributed by atoms with E-state index in [1.165, 1.54) is 0 Å². The summed E-state index contributed by atoms with van der Waals surface area (Å²) in [4.78, 5) is 24.3. The molecule has 0 aromatic heterocycles. The molecule has 2 aliphatic rings. The summed E-state index contributed by atoms with van der Waals surface area (Å²) < 4.78 is 5.25. The van der Waals surface area contributed by atoms with Crippen molar-refractivity contribution >= 4 is 11.9 Å². The molecule has 0 aromatic rings. The average Bonchev–Trinajstić information content (AvgIpc) is 3.04. The Morgan fingerprint density at radius 3 is 2.82 bits per heavy atom. The van der Waals surface area contributed by atoms with E-state index in [9.17, 15) is 9.59 Å². The second kappa shape index (κ2) is 5.46. The lowest BCUT2D eigenvalue weighted by Gasteiger charge is -2.34. The van der Waals surface area contributed by atoms with Crippen LogP contribution in [0, 0.1) is 0 Å². The van der Waals surface area contributed by atoms with E-state index in [2.05, 4.69) is 5.32 Å². The van der Waals surface area contributed by atoms with Crippen molar-refractivity contribution in [2.75, 3.05) is 26.3 Å². The molecule has 1 unspecified atom stereocenters. The van der Waals surface area contributed by atoms with Crippen LogP contribution in [0.5, 0.6) is 0 Å². The maximum absolute atomic E-state index is 11.7. The Hall–Kier alpha value is -1.14. The Kier molecular flexibility index (Phi) is 3.96. The number of carbonyl (C=O) groups is 2. The second-order valence-corrected chi connectivity index (χ2v) is 4.64. The van der Waals surface area contributed by atoms with E-state index < -0.39 is 5.97 Å². The molecule has 2 N–H and O–H groups in total. The van der Waals surface area contributed by atoms with Crippen LogP contribution >= 0.6 is 0 Å². The Bertz CT molecular complexity index is 304. The molecule has 2 rings (SSSR count). The summed E-state index contributed by atoms with van der Waals surface area (Å²) in [5, 5.41) is 11.7. The van der Waals surface area contributed by atoms with Gasteiger partial charge in [0.15, 0.2) is 0 Å². The maximum atomic E-state index is 11.7. The Morgan fingerprint density at radius 1 is 1.41 bits per heavy atom. The fraction of sp³-hybridized carbons (Fsp3) is 0.818. The zero-order valence-corrected chi connectivity index (χ0v) is 9.72. The first kappa shape index (κ1) is 12.3. The van der Waals surface area contributed by atoms with E-state index in [1.54, 1.807) is 0 Å². The molecule has 6 heteroatoms. The van der Waals surface area contributed by atoms with Crippen molar-refractivity contribution < 1.29 is 19.4 Å². The van der Waals surface area contributed by atoms with E-state index in [1.807, 2.05) is 4.90 Å². The zero-order valence-electron chi connectivity index (χ0n) is 9.72. The third kappa shape index (κ3) is 3.98. The Morgan fingerprint density at radius 2 is 2.18 bits per heavy atom. The first-order valence-corrected chi connectivity index (χ1v) is 5.98. The van der Waals surface area contributed by atoms with E-state index in [-0.39, 0.29) is 24.9 Å². The molecule has 1 aliphatic carbocycles. The van der Waals surface area contributed by atoms with Crippen LogP contribution in [-0.4, -0.2) is 60.3 Å². The molecule has 6 nitrogen and oxygen atoms in total. The summed E-state index contributed by atoms with van der Waals surface area (Å²) >= 11 is 0. The number of carboxylic acids is 1. The fourth-order valence-corrected chi connectivity index (χ4v) is 1.97. The SMILES string of the molecule is O=C(O)CC1COCCN1CC(=O)NC1CC1. The summed E-state index contributed by atoms with van der Waals surface area (Å²) in [6.07, 6.45) is 2.15. The van der Waals surface area contributed by atoms with Gasteiger partial charge in [-0.15, -0.1) is 0 Å². The first-order chi connectivity index (χ1) is 8.15. The zero-order chi connectivity index (χ0) is 12.3. The van der Waals surface area contributed by atoms with Crippen molar-refractivity contribution in [1.29, 1.82) is 0 Å². The highest BCUT2D eigenvalue weighted by Crippen LogP contribution is 2.18. The van der Waals surface area contributed by atoms with Gasteiger partial charge in [-0.3, -0.25) is 14.5 Å². The van der Waals surface area contributed by atoms with E-state index in [0.717, 1.165) is 12.8 Å². The van der Waals surface area contributed by atoms with Gasteiger partial charge in [-0.25, -0.2) is 0 Å². The van der Waals surface area contributed by atoms with Gasteiger partial charge in [0.05, 0.1) is 26.2 Å². The van der Waals surface area contributed by atoms with Gasteiger partial charge >= 0.3 is 5.97 Å². The molecule has 17 heavy (non-hydrogen) atoms. The monoisotopic (exact) mass is 242 g/mol. The van der Waals surface area contributed by atoms with Crippen LogP contribution in [0.1, 0.15) is 19.3 Å². The largest absolute Gasteiger partial charge is 0.481 e. The molecular formula is C11H18N2O4. The van der Waals surface area contributed by atoms with Crippen molar-refractivity contribution in [3.8, 4) is 0 Å². The predicted octanol–water partition coefficient (Wildman–Crippen LogP) is -0.559. The average molecular weight is 242 g/mol. The predicted molar refractivity (Wildman–Crippen MR) is 59.6 cm³/mol. The quantitative estimate of drug-likeness (QED) is 0.675. The number of carboxylic acid groups (broad SMARTS) is 1. The highest BCUT2D eigenvalue weighted by molar-refractivity contribution is 5.78. The molecule has 1 saturated carbocycles. The van der Waals surface area contributed by atoms with Crippen LogP contribution in [0.4, 0.5) is 0 Å². The van der Waals surface area contributed by atoms with Crippen molar-refractivity contribution in [2.24, 2.45) is 0 Å². The highest BCUT2D eigenvalue weighted by Gasteiger charge is 2.29. The molecule has 1 heterocycles. The molecule has 0 bridgehead atoms. The van der Waals surface area contributed by atoms with Gasteiger partial charge in [-0.05, 0) is 12.8 Å². The van der Waals surface area contributed by atoms with Crippen LogP contribution in [0.2, 0.25) is 0 Å². The summed E-state index contributed by atoms with van der Waals surface area (Å²) in [6.45, 7) is 1.85. The molecule has 1 saturated heterocycles. The minimum Gasteiger partial charge on any atom is -0.481 e. The minimum atomic E-state index is -0.854. The van der Waals surface area contributed by atoms with Gasteiger partial charge in [0, 0.05) is 18.6 Å². The molecule has 1 amide bonds. The number of ether oxygens (including phenoxy) is 1. The van der Waals surface area contributed by atoms with Crippen LogP contribution in [0.25, 0.3) is 0 Å². The second-order valence-electron chi connectivity index (χ2n) is 4.64. The number of rotatable bonds is 5. The molecule has 2 fully saturated rings. The Balaban J connectivity index is 1.81. The van der Waals surface area contributed by atoms with Gasteiger partial charge in [-0.2, -0.15) is 0 Å². The number of aliphatic carboxylic acids is 1. The summed E-state index contributed by atoms with van der Waals surface area (Å²) in [6, 6.07) is 0.160. The van der Waals surface area contributed by atoms with Crippen molar-refractivity contribution in [3.05, 3.63) is 0 Å². The van der Waals surface area contributed by atoms with Crippen molar-refractivity contribution in [1.82, 2.24) is 10.2 Å². The Labute approximate surface area is 99.9 Å². The number of amides is 1. The lowest BCUT2D eigenvalue weighted by molar-refractivity contribution is -0.141. The smallest absolute Gasteiger partial charge is 0.305 e. The van der Waals surface area contributed by atoms with E-state index in [4.69, 9.17) is 9.84 Å². The van der Waals surface area contributed by atoms with Crippen LogP contribution in [0.15, 0.2) is 0 Å². The summed E-state index contributed by atoms with van der Waals surface area (Å²) in [5.74, 6) is -0.863. The highest BCUT2D eigenvalue weighted by atomic mass is 16.5. The molecule has 1 aliphatic heterocycles. The fourth-order valence-electron chi connectivity index (χ4n) is 1.97. The molecule has 96 valence electrons. The minimum absolute atomic E-state index is 0.00945.